The molecule has 9 heteroatoms. The highest BCUT2D eigenvalue weighted by Crippen LogP contribution is 2.25. The van der Waals surface area contributed by atoms with Gasteiger partial charge in [0.15, 0.2) is 0 Å². The molecule has 2 aliphatic heterocycles. The molecular formula is C20H26Cl2FN5O. The predicted molar refractivity (Wildman–Crippen MR) is 116 cm³/mol. The zero-order valence-corrected chi connectivity index (χ0v) is 17.7. The molecule has 1 aromatic heterocycles. The SMILES string of the molecule is Cl.Cl.O=C(c1ccnc(N2CCCCC2)n1)N1CCNCC1c1cccc(F)c1. The molecule has 158 valence electrons. The number of carbonyl (C=O) groups excluding carboxylic acids is 1. The van der Waals surface area contributed by atoms with E-state index in [0.717, 1.165) is 31.5 Å². The van der Waals surface area contributed by atoms with Gasteiger partial charge in [-0.1, -0.05) is 12.1 Å². The van der Waals surface area contributed by atoms with Crippen molar-refractivity contribution in [2.75, 3.05) is 37.6 Å². The van der Waals surface area contributed by atoms with Gasteiger partial charge in [-0.2, -0.15) is 0 Å². The molecule has 2 aliphatic rings. The highest BCUT2D eigenvalue weighted by molar-refractivity contribution is 5.93. The summed E-state index contributed by atoms with van der Waals surface area (Å²) in [7, 11) is 0. The Balaban J connectivity index is 0.00000150. The van der Waals surface area contributed by atoms with Crippen LogP contribution in [0.15, 0.2) is 36.5 Å². The van der Waals surface area contributed by atoms with E-state index in [9.17, 15) is 9.18 Å². The fourth-order valence-corrected chi connectivity index (χ4v) is 3.82. The Bertz CT molecular complexity index is 819. The number of hydrogen-bond donors (Lipinski definition) is 1. The number of nitrogens with one attached hydrogen (secondary N) is 1. The van der Waals surface area contributed by atoms with Gasteiger partial charge in [-0.3, -0.25) is 4.79 Å². The number of carbonyl (C=O) groups is 1. The van der Waals surface area contributed by atoms with Crippen molar-refractivity contribution in [3.05, 3.63) is 53.6 Å². The molecule has 6 nitrogen and oxygen atoms in total. The van der Waals surface area contributed by atoms with Crippen LogP contribution in [0.25, 0.3) is 0 Å². The minimum absolute atomic E-state index is 0. The quantitative estimate of drug-likeness (QED) is 0.791. The topological polar surface area (TPSA) is 61.4 Å². The summed E-state index contributed by atoms with van der Waals surface area (Å²) in [6.45, 7) is 3.72. The minimum Gasteiger partial charge on any atom is -0.341 e. The molecule has 1 aromatic carbocycles. The molecule has 4 rings (SSSR count). The van der Waals surface area contributed by atoms with Crippen molar-refractivity contribution in [1.82, 2.24) is 20.2 Å². The Hall–Kier alpha value is -1.96. The van der Waals surface area contributed by atoms with Crippen LogP contribution < -0.4 is 10.2 Å². The van der Waals surface area contributed by atoms with E-state index in [1.165, 1.54) is 18.6 Å². The number of benzene rings is 1. The highest BCUT2D eigenvalue weighted by atomic mass is 35.5. The summed E-state index contributed by atoms with van der Waals surface area (Å²) in [5.41, 5.74) is 1.19. The second-order valence-electron chi connectivity index (χ2n) is 7.06. The van der Waals surface area contributed by atoms with E-state index in [-0.39, 0.29) is 42.6 Å². The van der Waals surface area contributed by atoms with Crippen molar-refractivity contribution >= 4 is 36.7 Å². The molecule has 0 bridgehead atoms. The Labute approximate surface area is 182 Å². The lowest BCUT2D eigenvalue weighted by molar-refractivity contribution is 0.0627. The number of nitrogens with zero attached hydrogens (tertiary/aromatic N) is 4. The van der Waals surface area contributed by atoms with Crippen molar-refractivity contribution < 1.29 is 9.18 Å². The Kier molecular flexibility index (Phi) is 8.61. The summed E-state index contributed by atoms with van der Waals surface area (Å²) in [5, 5.41) is 3.29. The van der Waals surface area contributed by atoms with Crippen LogP contribution in [0.5, 0.6) is 0 Å². The molecule has 29 heavy (non-hydrogen) atoms. The lowest BCUT2D eigenvalue weighted by Crippen LogP contribution is -2.49. The van der Waals surface area contributed by atoms with Crippen molar-refractivity contribution in [2.24, 2.45) is 0 Å². The highest BCUT2D eigenvalue weighted by Gasteiger charge is 2.30. The maximum atomic E-state index is 13.7. The fraction of sp³-hybridized carbons (Fsp3) is 0.450. The molecule has 1 N–H and O–H groups in total. The van der Waals surface area contributed by atoms with Gasteiger partial charge >= 0.3 is 0 Å². The molecule has 0 saturated carbocycles. The molecular weight excluding hydrogens is 416 g/mol. The fourth-order valence-electron chi connectivity index (χ4n) is 3.82. The number of rotatable bonds is 3. The van der Waals surface area contributed by atoms with E-state index in [4.69, 9.17) is 0 Å². The maximum Gasteiger partial charge on any atom is 0.273 e. The van der Waals surface area contributed by atoms with Crippen LogP contribution in [0.4, 0.5) is 10.3 Å². The number of anilines is 1. The monoisotopic (exact) mass is 441 g/mol. The smallest absolute Gasteiger partial charge is 0.273 e. The van der Waals surface area contributed by atoms with Crippen molar-refractivity contribution in [3.63, 3.8) is 0 Å². The number of aromatic nitrogens is 2. The Morgan fingerprint density at radius 2 is 1.90 bits per heavy atom. The summed E-state index contributed by atoms with van der Waals surface area (Å²) in [5.74, 6) is 0.198. The number of amides is 1. The molecule has 1 amide bonds. The number of piperazine rings is 1. The van der Waals surface area contributed by atoms with Crippen LogP contribution >= 0.6 is 24.8 Å². The largest absolute Gasteiger partial charge is 0.341 e. The van der Waals surface area contributed by atoms with Crippen LogP contribution in [0.1, 0.15) is 41.4 Å². The lowest BCUT2D eigenvalue weighted by atomic mass is 10.0. The first-order chi connectivity index (χ1) is 13.2. The van der Waals surface area contributed by atoms with E-state index >= 15 is 0 Å². The van der Waals surface area contributed by atoms with E-state index < -0.39 is 0 Å². The van der Waals surface area contributed by atoms with Gasteiger partial charge in [0, 0.05) is 38.9 Å². The van der Waals surface area contributed by atoms with Gasteiger partial charge in [0.1, 0.15) is 11.5 Å². The van der Waals surface area contributed by atoms with Crippen molar-refractivity contribution in [1.29, 1.82) is 0 Å². The van der Waals surface area contributed by atoms with Gasteiger partial charge in [0.2, 0.25) is 5.95 Å². The van der Waals surface area contributed by atoms with Crippen molar-refractivity contribution in [3.8, 4) is 0 Å². The van der Waals surface area contributed by atoms with E-state index in [2.05, 4.69) is 20.2 Å². The average Bonchev–Trinajstić information content (AvgIpc) is 2.74. The third kappa shape index (κ3) is 5.35. The maximum absolute atomic E-state index is 13.7. The molecule has 0 aliphatic carbocycles. The zero-order chi connectivity index (χ0) is 18.6. The molecule has 1 atom stereocenters. The number of hydrogen-bond acceptors (Lipinski definition) is 5. The number of halogens is 3. The van der Waals surface area contributed by atoms with Crippen LogP contribution in [-0.2, 0) is 0 Å². The summed E-state index contributed by atoms with van der Waals surface area (Å²) < 4.78 is 13.7. The zero-order valence-electron chi connectivity index (χ0n) is 16.1. The summed E-state index contributed by atoms with van der Waals surface area (Å²) in [4.78, 5) is 26.0. The summed E-state index contributed by atoms with van der Waals surface area (Å²) in [6.07, 6.45) is 5.14. The minimum atomic E-state index is -0.292. The first-order valence-corrected chi connectivity index (χ1v) is 9.57. The molecule has 2 fully saturated rings. The molecule has 0 spiro atoms. The van der Waals surface area contributed by atoms with Gasteiger partial charge in [-0.25, -0.2) is 14.4 Å². The van der Waals surface area contributed by atoms with Gasteiger partial charge in [-0.15, -0.1) is 24.8 Å². The van der Waals surface area contributed by atoms with Crippen LogP contribution in [0.2, 0.25) is 0 Å². The molecule has 1 unspecified atom stereocenters. The standard InChI is InChI=1S/C20H24FN5O.2ClH/c21-16-6-4-5-15(13-16)18-14-22-9-12-26(18)19(27)17-7-8-23-20(24-17)25-10-2-1-3-11-25;;/h4-8,13,18,22H,1-3,9-12,14H2;2*1H. The van der Waals surface area contributed by atoms with Gasteiger partial charge < -0.3 is 15.1 Å². The molecule has 2 aromatic rings. The van der Waals surface area contributed by atoms with Crippen molar-refractivity contribution in [2.45, 2.75) is 25.3 Å². The summed E-state index contributed by atoms with van der Waals surface area (Å²) >= 11 is 0. The molecule has 0 radical (unpaired) electrons. The first kappa shape index (κ1) is 23.3. The normalized spacial score (nSPS) is 19.1. The summed E-state index contributed by atoms with van der Waals surface area (Å²) in [6, 6.07) is 7.91. The van der Waals surface area contributed by atoms with E-state index in [1.807, 2.05) is 6.07 Å². The second-order valence-corrected chi connectivity index (χ2v) is 7.06. The second kappa shape index (κ2) is 10.7. The number of piperidine rings is 1. The van der Waals surface area contributed by atoms with Gasteiger partial charge in [0.25, 0.3) is 5.91 Å². The molecule has 3 heterocycles. The van der Waals surface area contributed by atoms with Gasteiger partial charge in [0.05, 0.1) is 6.04 Å². The van der Waals surface area contributed by atoms with Gasteiger partial charge in [-0.05, 0) is 43.0 Å². The van der Waals surface area contributed by atoms with Crippen LogP contribution in [0.3, 0.4) is 0 Å². The lowest BCUT2D eigenvalue weighted by Gasteiger charge is -2.36. The average molecular weight is 442 g/mol. The predicted octanol–water partition coefficient (Wildman–Crippen LogP) is 3.24. The van der Waals surface area contributed by atoms with E-state index in [1.54, 1.807) is 23.2 Å². The molecule has 2 saturated heterocycles. The van der Waals surface area contributed by atoms with Crippen LogP contribution in [-0.4, -0.2) is 53.5 Å². The van der Waals surface area contributed by atoms with E-state index in [0.29, 0.717) is 31.3 Å². The van der Waals surface area contributed by atoms with Crippen LogP contribution in [0, 0.1) is 5.82 Å². The Morgan fingerprint density at radius 3 is 2.66 bits per heavy atom. The first-order valence-electron chi connectivity index (χ1n) is 9.57. The third-order valence-electron chi connectivity index (χ3n) is 5.24. The Morgan fingerprint density at radius 1 is 1.10 bits per heavy atom. The third-order valence-corrected chi connectivity index (χ3v) is 5.24.